The molecular weight excluding hydrogens is 505 g/mol. The number of ether oxygens (including phenoxy) is 1. The van der Waals surface area contributed by atoms with E-state index >= 15 is 0 Å². The third-order valence-corrected chi connectivity index (χ3v) is 8.07. The van der Waals surface area contributed by atoms with E-state index in [0.717, 1.165) is 29.8 Å². The van der Waals surface area contributed by atoms with Crippen molar-refractivity contribution >= 4 is 34.8 Å². The Bertz CT molecular complexity index is 1310. The molecule has 1 N–H and O–H groups in total. The highest BCUT2D eigenvalue weighted by Gasteiger charge is 2.47. The third-order valence-electron chi connectivity index (χ3n) is 7.57. The van der Waals surface area contributed by atoms with E-state index in [1.54, 1.807) is 6.07 Å². The minimum atomic E-state index is -0.567. The highest BCUT2D eigenvalue weighted by molar-refractivity contribution is 6.35. The Hall–Kier alpha value is -2.56. The minimum absolute atomic E-state index is 0.0496. The number of dihydropyridines is 1. The van der Waals surface area contributed by atoms with Crippen LogP contribution in [0.4, 0.5) is 0 Å². The molecule has 6 heteroatoms. The second-order valence-corrected chi connectivity index (χ2v) is 13.1. The van der Waals surface area contributed by atoms with Gasteiger partial charge in [-0.05, 0) is 48.3 Å². The van der Waals surface area contributed by atoms with Gasteiger partial charge in [0, 0.05) is 51.9 Å². The number of hydrogen-bond donors (Lipinski definition) is 1. The molecule has 0 amide bonds. The zero-order valence-electron chi connectivity index (χ0n) is 22.1. The fourth-order valence-electron chi connectivity index (χ4n) is 5.99. The molecule has 37 heavy (non-hydrogen) atoms. The predicted molar refractivity (Wildman–Crippen MR) is 148 cm³/mol. The molecule has 0 radical (unpaired) electrons. The Kier molecular flexibility index (Phi) is 6.57. The fraction of sp³-hybridized carbons (Fsp3) is 0.419. The second-order valence-electron chi connectivity index (χ2n) is 12.3. The van der Waals surface area contributed by atoms with Crippen molar-refractivity contribution in [1.29, 1.82) is 0 Å². The van der Waals surface area contributed by atoms with Gasteiger partial charge >= 0.3 is 0 Å². The number of nitrogens with one attached hydrogen (secondary N) is 1. The van der Waals surface area contributed by atoms with Crippen molar-refractivity contribution in [3.63, 3.8) is 0 Å². The van der Waals surface area contributed by atoms with E-state index in [9.17, 15) is 9.59 Å². The molecular formula is C31H33Cl2NO3. The molecule has 194 valence electrons. The molecule has 0 spiro atoms. The highest BCUT2D eigenvalue weighted by Crippen LogP contribution is 2.53. The lowest BCUT2D eigenvalue weighted by Gasteiger charge is -2.44. The van der Waals surface area contributed by atoms with Crippen molar-refractivity contribution in [2.45, 2.75) is 72.8 Å². The number of hydrogen-bond acceptors (Lipinski definition) is 4. The maximum absolute atomic E-state index is 13.7. The number of rotatable bonds is 4. The van der Waals surface area contributed by atoms with Gasteiger partial charge in [-0.2, -0.15) is 0 Å². The first-order chi connectivity index (χ1) is 17.3. The lowest BCUT2D eigenvalue weighted by Crippen LogP contribution is -2.42. The van der Waals surface area contributed by atoms with Gasteiger partial charge in [0.05, 0.1) is 5.02 Å². The van der Waals surface area contributed by atoms with Gasteiger partial charge < -0.3 is 10.1 Å². The summed E-state index contributed by atoms with van der Waals surface area (Å²) in [5.41, 5.74) is 5.58. The molecule has 2 aromatic rings. The largest absolute Gasteiger partial charge is 0.487 e. The zero-order valence-corrected chi connectivity index (χ0v) is 23.6. The van der Waals surface area contributed by atoms with Crippen LogP contribution in [0.5, 0.6) is 5.75 Å². The Morgan fingerprint density at radius 1 is 0.865 bits per heavy atom. The average Bonchev–Trinajstić information content (AvgIpc) is 2.76. The van der Waals surface area contributed by atoms with Gasteiger partial charge in [0.25, 0.3) is 0 Å². The number of halogens is 2. The Morgan fingerprint density at radius 2 is 1.41 bits per heavy atom. The van der Waals surface area contributed by atoms with Gasteiger partial charge in [0.1, 0.15) is 12.4 Å². The molecule has 4 nitrogen and oxygen atoms in total. The number of aryl methyl sites for hydroxylation is 1. The van der Waals surface area contributed by atoms with E-state index in [2.05, 4.69) is 33.0 Å². The standard InChI is InChI=1S/C31H33Cl2NO3/c1-17-6-8-18(9-7-17)16-37-29-20(10-19(32)11-21(29)33)26-27-22(12-30(2,3)14-24(27)35)34-23-13-31(4,5)15-25(36)28(23)26/h6-11,26,34H,12-16H2,1-5H3. The number of carbonyl (C=O) groups is 2. The first-order valence-corrected chi connectivity index (χ1v) is 13.6. The molecule has 0 atom stereocenters. The average molecular weight is 539 g/mol. The Morgan fingerprint density at radius 3 is 1.95 bits per heavy atom. The van der Waals surface area contributed by atoms with Gasteiger partial charge in [0.2, 0.25) is 0 Å². The van der Waals surface area contributed by atoms with Crippen molar-refractivity contribution in [3.8, 4) is 5.75 Å². The number of carbonyl (C=O) groups excluding carboxylic acids is 2. The summed E-state index contributed by atoms with van der Waals surface area (Å²) in [6.45, 7) is 10.8. The molecule has 1 heterocycles. The van der Waals surface area contributed by atoms with Crippen LogP contribution < -0.4 is 10.1 Å². The summed E-state index contributed by atoms with van der Waals surface area (Å²) in [6, 6.07) is 11.6. The van der Waals surface area contributed by atoms with Crippen molar-refractivity contribution in [2.75, 3.05) is 0 Å². The van der Waals surface area contributed by atoms with Crippen molar-refractivity contribution in [2.24, 2.45) is 10.8 Å². The predicted octanol–water partition coefficient (Wildman–Crippen LogP) is 7.85. The van der Waals surface area contributed by atoms with E-state index in [1.165, 1.54) is 5.56 Å². The number of allylic oxidation sites excluding steroid dienone is 4. The maximum Gasteiger partial charge on any atom is 0.162 e. The topological polar surface area (TPSA) is 55.4 Å². The molecule has 0 fully saturated rings. The second kappa shape index (κ2) is 9.32. The molecule has 3 aliphatic rings. The van der Waals surface area contributed by atoms with Crippen LogP contribution in [-0.4, -0.2) is 11.6 Å². The lowest BCUT2D eigenvalue weighted by atomic mass is 9.64. The summed E-state index contributed by atoms with van der Waals surface area (Å²) in [4.78, 5) is 27.4. The minimum Gasteiger partial charge on any atom is -0.487 e. The summed E-state index contributed by atoms with van der Waals surface area (Å²) in [5.74, 6) is -0.00258. The van der Waals surface area contributed by atoms with Gasteiger partial charge in [-0.25, -0.2) is 0 Å². The third kappa shape index (κ3) is 5.11. The summed E-state index contributed by atoms with van der Waals surface area (Å²) in [7, 11) is 0. The summed E-state index contributed by atoms with van der Waals surface area (Å²) in [5, 5.41) is 4.36. The molecule has 2 aliphatic carbocycles. The molecule has 0 saturated heterocycles. The van der Waals surface area contributed by atoms with E-state index in [1.807, 2.05) is 37.3 Å². The maximum atomic E-state index is 13.7. The molecule has 5 rings (SSSR count). The smallest absolute Gasteiger partial charge is 0.162 e. The quantitative estimate of drug-likeness (QED) is 0.431. The molecule has 0 bridgehead atoms. The van der Waals surface area contributed by atoms with Crippen LogP contribution in [0.15, 0.2) is 58.9 Å². The number of ketones is 2. The van der Waals surface area contributed by atoms with Crippen LogP contribution in [-0.2, 0) is 16.2 Å². The van der Waals surface area contributed by atoms with E-state index in [0.29, 0.717) is 52.0 Å². The van der Waals surface area contributed by atoms with E-state index in [4.69, 9.17) is 27.9 Å². The molecule has 0 aromatic heterocycles. The van der Waals surface area contributed by atoms with Gasteiger partial charge in [-0.3, -0.25) is 9.59 Å². The van der Waals surface area contributed by atoms with Crippen molar-refractivity contribution in [1.82, 2.24) is 5.32 Å². The number of Topliss-reactive ketones (excluding diaryl/α,β-unsaturated/α-hetero) is 2. The molecule has 2 aromatic carbocycles. The van der Waals surface area contributed by atoms with Crippen LogP contribution in [0.2, 0.25) is 10.0 Å². The fourth-order valence-corrected chi connectivity index (χ4v) is 6.55. The zero-order chi connectivity index (χ0) is 26.7. The highest BCUT2D eigenvalue weighted by atomic mass is 35.5. The molecule has 0 unspecified atom stereocenters. The van der Waals surface area contributed by atoms with Crippen LogP contribution in [0.1, 0.15) is 76.0 Å². The van der Waals surface area contributed by atoms with Gasteiger partial charge in [0.15, 0.2) is 11.6 Å². The van der Waals surface area contributed by atoms with Crippen LogP contribution >= 0.6 is 23.2 Å². The van der Waals surface area contributed by atoms with Crippen molar-refractivity contribution < 1.29 is 14.3 Å². The first-order valence-electron chi connectivity index (χ1n) is 12.8. The van der Waals surface area contributed by atoms with Gasteiger partial charge in [-0.15, -0.1) is 0 Å². The summed E-state index contributed by atoms with van der Waals surface area (Å²) in [6.07, 6.45) is 2.29. The van der Waals surface area contributed by atoms with Crippen molar-refractivity contribution in [3.05, 3.63) is 85.7 Å². The normalized spacial score (nSPS) is 20.9. The Labute approximate surface area is 229 Å². The van der Waals surface area contributed by atoms with Gasteiger partial charge in [-0.1, -0.05) is 80.7 Å². The van der Waals surface area contributed by atoms with Crippen LogP contribution in [0.3, 0.4) is 0 Å². The molecule has 1 aliphatic heterocycles. The summed E-state index contributed by atoms with van der Waals surface area (Å²) < 4.78 is 6.34. The SMILES string of the molecule is Cc1ccc(COc2c(Cl)cc(Cl)cc2C2C3=C(CC(C)(C)CC3=O)NC3=C2C(=O)CC(C)(C)C3)cc1. The molecule has 0 saturated carbocycles. The monoisotopic (exact) mass is 537 g/mol. The number of benzene rings is 2. The van der Waals surface area contributed by atoms with E-state index in [-0.39, 0.29) is 22.4 Å². The first kappa shape index (κ1) is 26.1. The lowest BCUT2D eigenvalue weighted by molar-refractivity contribution is -0.119. The summed E-state index contributed by atoms with van der Waals surface area (Å²) >= 11 is 13.3. The van der Waals surface area contributed by atoms with Crippen LogP contribution in [0.25, 0.3) is 0 Å². The Balaban J connectivity index is 1.67. The van der Waals surface area contributed by atoms with E-state index < -0.39 is 5.92 Å². The van der Waals surface area contributed by atoms with Crippen LogP contribution in [0, 0.1) is 17.8 Å².